The number of halogens is 1. The van der Waals surface area contributed by atoms with E-state index in [2.05, 4.69) is 22.6 Å². The summed E-state index contributed by atoms with van der Waals surface area (Å²) in [5.74, 6) is 0. The minimum atomic E-state index is -1.02. The fourth-order valence-electron chi connectivity index (χ4n) is 4.18. The number of alkyl halides is 1. The van der Waals surface area contributed by atoms with Crippen molar-refractivity contribution in [3.8, 4) is 0 Å². The van der Waals surface area contributed by atoms with E-state index in [4.69, 9.17) is 9.47 Å². The van der Waals surface area contributed by atoms with Gasteiger partial charge in [0.25, 0.3) is 0 Å². The highest BCUT2D eigenvalue weighted by atomic mass is 127. The SMILES string of the molecule is CC(C)(C)C1(COCc2ccccc2)C(I)N(C(=O)OCc2ccccc2)CCN1C(=O)O. The summed E-state index contributed by atoms with van der Waals surface area (Å²) < 4.78 is 11.2. The Morgan fingerprint density at radius 1 is 1.00 bits per heavy atom. The molecular weight excluding hydrogens is 535 g/mol. The summed E-state index contributed by atoms with van der Waals surface area (Å²) in [6.45, 7) is 7.06. The summed E-state index contributed by atoms with van der Waals surface area (Å²) >= 11 is 2.17. The second-order valence-corrected chi connectivity index (χ2v) is 10.3. The van der Waals surface area contributed by atoms with Crippen molar-refractivity contribution in [1.82, 2.24) is 9.80 Å². The summed E-state index contributed by atoms with van der Waals surface area (Å²) in [5.41, 5.74) is 0.404. The molecule has 2 amide bonds. The number of carboxylic acid groups (broad SMARTS) is 1. The van der Waals surface area contributed by atoms with E-state index >= 15 is 0 Å². The second kappa shape index (κ2) is 10.7. The van der Waals surface area contributed by atoms with Gasteiger partial charge in [-0.05, 0) is 16.5 Å². The zero-order valence-corrected chi connectivity index (χ0v) is 21.4. The van der Waals surface area contributed by atoms with Crippen LogP contribution in [-0.4, -0.2) is 56.4 Å². The predicted molar refractivity (Wildman–Crippen MR) is 134 cm³/mol. The van der Waals surface area contributed by atoms with Gasteiger partial charge in [-0.15, -0.1) is 0 Å². The van der Waals surface area contributed by atoms with Crippen LogP contribution in [0.1, 0.15) is 31.9 Å². The lowest BCUT2D eigenvalue weighted by Gasteiger charge is -2.58. The first-order valence-electron chi connectivity index (χ1n) is 10.9. The number of benzene rings is 2. The molecule has 2 atom stereocenters. The van der Waals surface area contributed by atoms with Crippen LogP contribution in [0.2, 0.25) is 0 Å². The molecule has 0 radical (unpaired) electrons. The maximum absolute atomic E-state index is 13.1. The maximum Gasteiger partial charge on any atom is 0.411 e. The van der Waals surface area contributed by atoms with Crippen LogP contribution in [0.25, 0.3) is 0 Å². The van der Waals surface area contributed by atoms with Gasteiger partial charge in [0.2, 0.25) is 0 Å². The normalized spacial score (nSPS) is 21.0. The van der Waals surface area contributed by atoms with Gasteiger partial charge in [-0.1, -0.05) is 104 Å². The molecule has 2 unspecified atom stereocenters. The number of rotatable bonds is 6. The van der Waals surface area contributed by atoms with Crippen LogP contribution in [-0.2, 0) is 22.7 Å². The minimum absolute atomic E-state index is 0.147. The summed E-state index contributed by atoms with van der Waals surface area (Å²) in [7, 11) is 0. The molecule has 0 saturated carbocycles. The van der Waals surface area contributed by atoms with E-state index in [0.717, 1.165) is 11.1 Å². The van der Waals surface area contributed by atoms with Crippen molar-refractivity contribution in [3.05, 3.63) is 71.8 Å². The molecule has 2 aromatic carbocycles. The first-order valence-corrected chi connectivity index (χ1v) is 12.1. The summed E-state index contributed by atoms with van der Waals surface area (Å²) in [6.07, 6.45) is -1.48. The molecule has 0 aliphatic carbocycles. The van der Waals surface area contributed by atoms with Crippen LogP contribution < -0.4 is 0 Å². The third-order valence-electron chi connectivity index (χ3n) is 6.12. The van der Waals surface area contributed by atoms with Crippen molar-refractivity contribution in [2.24, 2.45) is 5.41 Å². The van der Waals surface area contributed by atoms with Crippen molar-refractivity contribution in [1.29, 1.82) is 0 Å². The highest BCUT2D eigenvalue weighted by Crippen LogP contribution is 2.46. The number of piperazine rings is 1. The van der Waals surface area contributed by atoms with Crippen molar-refractivity contribution in [2.75, 3.05) is 19.7 Å². The molecule has 1 saturated heterocycles. The number of hydrogen-bond donors (Lipinski definition) is 1. The number of carbonyl (C=O) groups is 2. The topological polar surface area (TPSA) is 79.3 Å². The van der Waals surface area contributed by atoms with Crippen LogP contribution in [0.5, 0.6) is 0 Å². The standard InChI is InChI=1S/C25H31IN2O5/c1-24(2,3)25(18-32-16-19-10-6-4-7-11-19)21(26)27(14-15-28(25)22(29)30)23(31)33-17-20-12-8-5-9-13-20/h4-13,21H,14-18H2,1-3H3,(H,29,30). The van der Waals surface area contributed by atoms with E-state index < -0.39 is 27.2 Å². The molecule has 0 bridgehead atoms. The lowest BCUT2D eigenvalue weighted by Crippen LogP contribution is -2.74. The minimum Gasteiger partial charge on any atom is -0.465 e. The third kappa shape index (κ3) is 5.60. The Morgan fingerprint density at radius 2 is 1.55 bits per heavy atom. The molecule has 1 aliphatic rings. The fraction of sp³-hybridized carbons (Fsp3) is 0.440. The Morgan fingerprint density at radius 3 is 2.06 bits per heavy atom. The number of nitrogens with zero attached hydrogens (tertiary/aromatic N) is 2. The highest BCUT2D eigenvalue weighted by molar-refractivity contribution is 14.1. The van der Waals surface area contributed by atoms with E-state index in [1.54, 1.807) is 4.90 Å². The van der Waals surface area contributed by atoms with E-state index in [1.165, 1.54) is 4.90 Å². The molecule has 1 fully saturated rings. The maximum atomic E-state index is 13.1. The molecule has 1 N–H and O–H groups in total. The van der Waals surface area contributed by atoms with Crippen LogP contribution in [0.3, 0.4) is 0 Å². The first kappa shape index (κ1) is 25.3. The predicted octanol–water partition coefficient (Wildman–Crippen LogP) is 5.38. The van der Waals surface area contributed by atoms with E-state index in [9.17, 15) is 14.7 Å². The molecule has 2 aromatic rings. The molecule has 8 heteroatoms. The average molecular weight is 566 g/mol. The van der Waals surface area contributed by atoms with Crippen molar-refractivity contribution < 1.29 is 24.2 Å². The van der Waals surface area contributed by atoms with Crippen molar-refractivity contribution in [2.45, 2.75) is 43.6 Å². The van der Waals surface area contributed by atoms with Gasteiger partial charge in [-0.25, -0.2) is 9.59 Å². The average Bonchev–Trinajstić information content (AvgIpc) is 2.78. The van der Waals surface area contributed by atoms with Crippen LogP contribution >= 0.6 is 22.6 Å². The van der Waals surface area contributed by atoms with Gasteiger partial charge in [0.05, 0.1) is 13.2 Å². The van der Waals surface area contributed by atoms with Gasteiger partial charge < -0.3 is 14.6 Å². The quantitative estimate of drug-likeness (QED) is 0.289. The Bertz CT molecular complexity index is 935. The van der Waals surface area contributed by atoms with Crippen LogP contribution in [0.4, 0.5) is 9.59 Å². The largest absolute Gasteiger partial charge is 0.465 e. The Kier molecular flexibility index (Phi) is 8.23. The van der Waals surface area contributed by atoms with Gasteiger partial charge in [0.1, 0.15) is 16.2 Å². The number of carbonyl (C=O) groups excluding carboxylic acids is 1. The molecule has 1 aliphatic heterocycles. The monoisotopic (exact) mass is 566 g/mol. The number of ether oxygens (including phenoxy) is 2. The van der Waals surface area contributed by atoms with Gasteiger partial charge in [-0.2, -0.15) is 0 Å². The Balaban J connectivity index is 1.82. The van der Waals surface area contributed by atoms with E-state index in [0.29, 0.717) is 6.61 Å². The zero-order valence-electron chi connectivity index (χ0n) is 19.2. The van der Waals surface area contributed by atoms with E-state index in [-0.39, 0.29) is 26.3 Å². The Hall–Kier alpha value is -2.33. The first-order chi connectivity index (χ1) is 15.7. The molecule has 0 spiro atoms. The lowest BCUT2D eigenvalue weighted by molar-refractivity contribution is -0.105. The van der Waals surface area contributed by atoms with E-state index in [1.807, 2.05) is 81.4 Å². The van der Waals surface area contributed by atoms with Gasteiger partial charge >= 0.3 is 12.2 Å². The highest BCUT2D eigenvalue weighted by Gasteiger charge is 2.59. The number of hydrogen-bond acceptors (Lipinski definition) is 4. The summed E-state index contributed by atoms with van der Waals surface area (Å²) in [4.78, 5) is 28.4. The number of amides is 2. The fourth-order valence-corrected chi connectivity index (χ4v) is 6.14. The van der Waals surface area contributed by atoms with Crippen LogP contribution in [0.15, 0.2) is 60.7 Å². The Labute approximate surface area is 208 Å². The van der Waals surface area contributed by atoms with Crippen molar-refractivity contribution in [3.63, 3.8) is 0 Å². The lowest BCUT2D eigenvalue weighted by atomic mass is 9.71. The van der Waals surface area contributed by atoms with Crippen LogP contribution in [0, 0.1) is 5.41 Å². The smallest absolute Gasteiger partial charge is 0.411 e. The third-order valence-corrected chi connectivity index (χ3v) is 7.82. The zero-order chi connectivity index (χ0) is 24.1. The van der Waals surface area contributed by atoms with Crippen molar-refractivity contribution >= 4 is 34.8 Å². The molecule has 7 nitrogen and oxygen atoms in total. The molecule has 1 heterocycles. The molecule has 178 valence electrons. The van der Waals surface area contributed by atoms with Gasteiger partial charge in [-0.3, -0.25) is 9.80 Å². The summed E-state index contributed by atoms with van der Waals surface area (Å²) in [6, 6.07) is 19.2. The molecule has 33 heavy (non-hydrogen) atoms. The van der Waals surface area contributed by atoms with Gasteiger partial charge in [0, 0.05) is 13.1 Å². The molecule has 3 rings (SSSR count). The van der Waals surface area contributed by atoms with Gasteiger partial charge in [0.15, 0.2) is 0 Å². The molecular formula is C25H31IN2O5. The summed E-state index contributed by atoms with van der Waals surface area (Å²) in [5, 5.41) is 10.1. The molecule has 0 aromatic heterocycles. The second-order valence-electron chi connectivity index (χ2n) is 9.16.